The molecule has 0 bridgehead atoms. The maximum absolute atomic E-state index is 12.6. The van der Waals surface area contributed by atoms with Gasteiger partial charge < -0.3 is 10.4 Å². The maximum Gasteiger partial charge on any atom is 0.422 e. The van der Waals surface area contributed by atoms with Crippen LogP contribution in [0.3, 0.4) is 0 Å². The van der Waals surface area contributed by atoms with Gasteiger partial charge in [-0.25, -0.2) is 14.8 Å². The number of nitrogens with zero attached hydrogens (tertiary/aromatic N) is 2. The highest BCUT2D eigenvalue weighted by atomic mass is 19.4. The van der Waals surface area contributed by atoms with Crippen LogP contribution in [0.25, 0.3) is 0 Å². The van der Waals surface area contributed by atoms with Gasteiger partial charge >= 0.3 is 12.1 Å². The summed E-state index contributed by atoms with van der Waals surface area (Å²) in [4.78, 5) is 17.6. The molecule has 2 N–H and O–H groups in total. The molecule has 1 aromatic heterocycles. The van der Waals surface area contributed by atoms with Gasteiger partial charge in [0.15, 0.2) is 0 Å². The quantitative estimate of drug-likeness (QED) is 0.825. The minimum Gasteiger partial charge on any atom is -0.479 e. The van der Waals surface area contributed by atoms with Gasteiger partial charge in [0, 0.05) is 6.20 Å². The van der Waals surface area contributed by atoms with Crippen LogP contribution in [-0.4, -0.2) is 32.8 Å². The number of hydrogen-bond acceptors (Lipinski definition) is 4. The third kappa shape index (κ3) is 2.20. The minimum absolute atomic E-state index is 0.211. The van der Waals surface area contributed by atoms with Gasteiger partial charge in [-0.3, -0.25) is 0 Å². The van der Waals surface area contributed by atoms with Gasteiger partial charge in [0.1, 0.15) is 12.1 Å². The lowest BCUT2D eigenvalue weighted by Gasteiger charge is -2.28. The number of aliphatic carboxylic acids is 1. The number of hydrogen-bond donors (Lipinski definition) is 2. The predicted molar refractivity (Wildman–Crippen MR) is 47.8 cm³/mol. The second-order valence-electron chi connectivity index (χ2n) is 3.15. The normalized spacial score (nSPS) is 15.2. The number of carboxylic acids is 1. The van der Waals surface area contributed by atoms with E-state index in [1.165, 1.54) is 6.20 Å². The van der Waals surface area contributed by atoms with E-state index in [1.807, 2.05) is 5.32 Å². The van der Waals surface area contributed by atoms with E-state index >= 15 is 0 Å². The Kier molecular flexibility index (Phi) is 3.02. The number of nitrogens with one attached hydrogen (secondary N) is 1. The molecule has 1 rings (SSSR count). The molecule has 1 aromatic rings. The molecule has 1 atom stereocenters. The topological polar surface area (TPSA) is 75.1 Å². The van der Waals surface area contributed by atoms with Gasteiger partial charge in [-0.15, -0.1) is 0 Å². The number of aromatic nitrogens is 2. The molecule has 0 saturated heterocycles. The van der Waals surface area contributed by atoms with Crippen molar-refractivity contribution in [1.29, 1.82) is 0 Å². The van der Waals surface area contributed by atoms with Gasteiger partial charge in [0.2, 0.25) is 5.54 Å². The Bertz CT molecular complexity index is 382. The van der Waals surface area contributed by atoms with Crippen molar-refractivity contribution in [1.82, 2.24) is 9.97 Å². The maximum atomic E-state index is 12.6. The summed E-state index contributed by atoms with van der Waals surface area (Å²) in [5, 5.41) is 10.4. The number of halogens is 3. The molecule has 5 nitrogen and oxygen atoms in total. The van der Waals surface area contributed by atoms with E-state index in [4.69, 9.17) is 5.11 Å². The highest BCUT2D eigenvalue weighted by Crippen LogP contribution is 2.32. The Labute approximate surface area is 88.3 Å². The zero-order valence-electron chi connectivity index (χ0n) is 8.12. The van der Waals surface area contributed by atoms with Gasteiger partial charge in [0.25, 0.3) is 0 Å². The van der Waals surface area contributed by atoms with Crippen LogP contribution in [0, 0.1) is 0 Å². The molecule has 0 fully saturated rings. The molecule has 0 amide bonds. The monoisotopic (exact) mass is 235 g/mol. The Morgan fingerprint density at radius 3 is 2.50 bits per heavy atom. The molecule has 8 heteroatoms. The van der Waals surface area contributed by atoms with Crippen molar-refractivity contribution in [3.63, 3.8) is 0 Å². The zero-order valence-corrected chi connectivity index (χ0v) is 8.12. The van der Waals surface area contributed by atoms with Gasteiger partial charge in [-0.05, 0) is 13.0 Å². The van der Waals surface area contributed by atoms with Crippen molar-refractivity contribution >= 4 is 11.8 Å². The molecule has 0 aromatic carbocycles. The third-order valence-corrected chi connectivity index (χ3v) is 1.95. The van der Waals surface area contributed by atoms with Crippen LogP contribution in [0.1, 0.15) is 6.92 Å². The van der Waals surface area contributed by atoms with E-state index in [0.717, 1.165) is 12.4 Å². The lowest BCUT2D eigenvalue weighted by atomic mass is 10.0. The summed E-state index contributed by atoms with van der Waals surface area (Å²) in [6.45, 7) is 0.525. The fourth-order valence-corrected chi connectivity index (χ4v) is 0.866. The molecule has 0 spiro atoms. The van der Waals surface area contributed by atoms with E-state index in [9.17, 15) is 18.0 Å². The molecule has 1 unspecified atom stereocenters. The fourth-order valence-electron chi connectivity index (χ4n) is 0.866. The summed E-state index contributed by atoms with van der Waals surface area (Å²) in [5.41, 5.74) is -3.08. The molecule has 0 aliphatic heterocycles. The fraction of sp³-hybridized carbons (Fsp3) is 0.375. The SMILES string of the molecule is CC(Nc1ccncn1)(C(=O)O)C(F)(F)F. The molecule has 0 aliphatic carbocycles. The average molecular weight is 235 g/mol. The summed E-state index contributed by atoms with van der Waals surface area (Å²) in [7, 11) is 0. The first-order chi connectivity index (χ1) is 7.27. The van der Waals surface area contributed by atoms with Crippen LogP contribution in [0.5, 0.6) is 0 Å². The van der Waals surface area contributed by atoms with Crippen LogP contribution < -0.4 is 5.32 Å². The molecular formula is C8H8F3N3O2. The molecule has 0 saturated carbocycles. The van der Waals surface area contributed by atoms with Crippen LogP contribution in [-0.2, 0) is 4.79 Å². The highest BCUT2D eigenvalue weighted by Gasteiger charge is 2.57. The first-order valence-electron chi connectivity index (χ1n) is 4.11. The van der Waals surface area contributed by atoms with E-state index in [0.29, 0.717) is 6.92 Å². The number of rotatable bonds is 3. The molecular weight excluding hydrogens is 227 g/mol. The van der Waals surface area contributed by atoms with Gasteiger partial charge in [-0.1, -0.05) is 0 Å². The molecule has 1 heterocycles. The smallest absolute Gasteiger partial charge is 0.422 e. The summed E-state index contributed by atoms with van der Waals surface area (Å²) in [5.74, 6) is -2.24. The number of carboxylic acid groups (broad SMARTS) is 1. The van der Waals surface area contributed by atoms with Crippen LogP contribution in [0.4, 0.5) is 19.0 Å². The second kappa shape index (κ2) is 3.95. The van der Waals surface area contributed by atoms with Crippen LogP contribution in [0.2, 0.25) is 0 Å². The molecule has 16 heavy (non-hydrogen) atoms. The molecule has 0 radical (unpaired) electrons. The Balaban J connectivity index is 3.03. The number of alkyl halides is 3. The van der Waals surface area contributed by atoms with Crippen molar-refractivity contribution in [2.24, 2.45) is 0 Å². The standard InChI is InChI=1S/C8H8F3N3O2/c1-7(6(15)16,8(9,10)11)14-5-2-3-12-4-13-5/h2-4H,1H3,(H,15,16)(H,12,13,14). The molecule has 88 valence electrons. The Morgan fingerprint density at radius 1 is 1.50 bits per heavy atom. The van der Waals surface area contributed by atoms with Crippen LogP contribution >= 0.6 is 0 Å². The summed E-state index contributed by atoms with van der Waals surface area (Å²) in [6.07, 6.45) is -2.72. The van der Waals surface area contributed by atoms with Crippen molar-refractivity contribution in [3.8, 4) is 0 Å². The van der Waals surface area contributed by atoms with E-state index in [1.54, 1.807) is 0 Å². The zero-order chi connectivity index (χ0) is 12.4. The summed E-state index contributed by atoms with van der Waals surface area (Å²) >= 11 is 0. The van der Waals surface area contributed by atoms with E-state index in [-0.39, 0.29) is 5.82 Å². The summed E-state index contributed by atoms with van der Waals surface area (Å²) < 4.78 is 37.7. The average Bonchev–Trinajstić information content (AvgIpc) is 2.17. The first-order valence-corrected chi connectivity index (χ1v) is 4.11. The lowest BCUT2D eigenvalue weighted by Crippen LogP contribution is -2.55. The largest absolute Gasteiger partial charge is 0.479 e. The summed E-state index contributed by atoms with van der Waals surface area (Å²) in [6, 6.07) is 1.15. The Hall–Kier alpha value is -1.86. The van der Waals surface area contributed by atoms with E-state index < -0.39 is 17.7 Å². The van der Waals surface area contributed by atoms with Crippen LogP contribution in [0.15, 0.2) is 18.6 Å². The minimum atomic E-state index is -4.94. The molecule has 0 aliphatic rings. The van der Waals surface area contributed by atoms with Crippen molar-refractivity contribution in [2.45, 2.75) is 18.6 Å². The van der Waals surface area contributed by atoms with Crippen molar-refractivity contribution in [3.05, 3.63) is 18.6 Å². The Morgan fingerprint density at radius 2 is 2.12 bits per heavy atom. The second-order valence-corrected chi connectivity index (χ2v) is 3.15. The highest BCUT2D eigenvalue weighted by molar-refractivity contribution is 5.83. The predicted octanol–water partition coefficient (Wildman–Crippen LogP) is 1.29. The van der Waals surface area contributed by atoms with Crippen molar-refractivity contribution < 1.29 is 23.1 Å². The van der Waals surface area contributed by atoms with Gasteiger partial charge in [0.05, 0.1) is 0 Å². The van der Waals surface area contributed by atoms with Gasteiger partial charge in [-0.2, -0.15) is 13.2 Å². The van der Waals surface area contributed by atoms with Crippen molar-refractivity contribution in [2.75, 3.05) is 5.32 Å². The number of anilines is 1. The number of carbonyl (C=O) groups is 1. The van der Waals surface area contributed by atoms with E-state index in [2.05, 4.69) is 9.97 Å². The first kappa shape index (κ1) is 12.2. The lowest BCUT2D eigenvalue weighted by molar-refractivity contribution is -0.192. The third-order valence-electron chi connectivity index (χ3n) is 1.95.